The number of rotatable bonds is 5. The number of carbonyl (C=O) groups excluding carboxylic acids is 1. The molecular weight excluding hydrogens is 362 g/mol. The highest BCUT2D eigenvalue weighted by Gasteiger charge is 2.49. The summed E-state index contributed by atoms with van der Waals surface area (Å²) in [5, 5.41) is 15.8. The Balaban J connectivity index is 1.28. The Morgan fingerprint density at radius 2 is 2.04 bits per heavy atom. The van der Waals surface area contributed by atoms with E-state index in [1.165, 1.54) is 6.42 Å². The van der Waals surface area contributed by atoms with E-state index in [2.05, 4.69) is 15.6 Å². The van der Waals surface area contributed by atoms with Gasteiger partial charge in [-0.1, -0.05) is 19.3 Å². The van der Waals surface area contributed by atoms with Crippen LogP contribution in [0.5, 0.6) is 5.75 Å². The first-order valence-electron chi connectivity index (χ1n) is 10.2. The summed E-state index contributed by atoms with van der Waals surface area (Å²) in [4.78, 5) is 16.6. The molecule has 2 aliphatic heterocycles. The maximum absolute atomic E-state index is 12.3. The topological polar surface area (TPSA) is 102 Å². The fraction of sp³-hybridized carbons (Fsp3) is 0.700. The molecule has 1 aliphatic carbocycles. The minimum absolute atomic E-state index is 0.135. The zero-order chi connectivity index (χ0) is 19.5. The van der Waals surface area contributed by atoms with Crippen LogP contribution >= 0.6 is 0 Å². The smallest absolute Gasteiger partial charge is 0.317 e. The zero-order valence-electron chi connectivity index (χ0n) is 16.2. The third-order valence-corrected chi connectivity index (χ3v) is 5.94. The number of carbonyl (C=O) groups is 1. The summed E-state index contributed by atoms with van der Waals surface area (Å²) in [5.74, 6) is 0.848. The van der Waals surface area contributed by atoms with Gasteiger partial charge in [0, 0.05) is 12.1 Å². The Bertz CT molecular complexity index is 682. The van der Waals surface area contributed by atoms with Crippen molar-refractivity contribution in [3.8, 4) is 5.75 Å². The molecule has 4 rings (SSSR count). The number of aromatic nitrogens is 1. The highest BCUT2D eigenvalue weighted by molar-refractivity contribution is 5.74. The lowest BCUT2D eigenvalue weighted by molar-refractivity contribution is 0.0298. The molecule has 0 bridgehead atoms. The van der Waals surface area contributed by atoms with Crippen LogP contribution in [-0.4, -0.2) is 59.9 Å². The quantitative estimate of drug-likeness (QED) is 0.658. The van der Waals surface area contributed by atoms with Crippen molar-refractivity contribution in [2.75, 3.05) is 13.2 Å². The number of fused-ring (bicyclic) bond motifs is 1. The molecule has 1 saturated carbocycles. The molecule has 0 radical (unpaired) electrons. The van der Waals surface area contributed by atoms with Gasteiger partial charge in [-0.05, 0) is 31.9 Å². The van der Waals surface area contributed by atoms with E-state index in [1.807, 2.05) is 19.1 Å². The van der Waals surface area contributed by atoms with Crippen LogP contribution in [0.25, 0.3) is 0 Å². The van der Waals surface area contributed by atoms with Crippen molar-refractivity contribution in [1.29, 1.82) is 0 Å². The maximum atomic E-state index is 12.3. The number of nitrogens with one attached hydrogen (secondary N) is 2. The Morgan fingerprint density at radius 1 is 1.25 bits per heavy atom. The maximum Gasteiger partial charge on any atom is 0.317 e. The minimum Gasteiger partial charge on any atom is -0.483 e. The number of aliphatic hydroxyl groups is 1. The summed E-state index contributed by atoms with van der Waals surface area (Å²) in [7, 11) is 0. The molecule has 2 saturated heterocycles. The predicted octanol–water partition coefficient (Wildman–Crippen LogP) is 1.50. The van der Waals surface area contributed by atoms with Gasteiger partial charge >= 0.3 is 6.03 Å². The molecule has 8 heteroatoms. The summed E-state index contributed by atoms with van der Waals surface area (Å²) >= 11 is 0. The number of amides is 2. The third-order valence-electron chi connectivity index (χ3n) is 5.94. The molecule has 1 aromatic heterocycles. The SMILES string of the molecule is Cc1ncccc1O[C@H]1CO[C@H]2[C@@H]1OC[C@@H]2NC(=O)NC(O)C1CCCCC1. The van der Waals surface area contributed by atoms with Crippen molar-refractivity contribution < 1.29 is 24.1 Å². The average Bonchev–Trinajstić information content (AvgIpc) is 3.28. The first kappa shape index (κ1) is 19.4. The number of ether oxygens (including phenoxy) is 3. The van der Waals surface area contributed by atoms with E-state index >= 15 is 0 Å². The van der Waals surface area contributed by atoms with Crippen LogP contribution in [0.2, 0.25) is 0 Å². The average molecular weight is 391 g/mol. The molecule has 3 heterocycles. The first-order valence-corrected chi connectivity index (χ1v) is 10.2. The molecule has 0 aromatic carbocycles. The van der Waals surface area contributed by atoms with E-state index in [0.717, 1.165) is 31.4 Å². The number of aliphatic hydroxyl groups excluding tert-OH is 1. The second-order valence-electron chi connectivity index (χ2n) is 7.91. The molecule has 8 nitrogen and oxygen atoms in total. The molecule has 3 N–H and O–H groups in total. The van der Waals surface area contributed by atoms with Crippen molar-refractivity contribution in [3.63, 3.8) is 0 Å². The van der Waals surface area contributed by atoms with Crippen LogP contribution in [0.15, 0.2) is 18.3 Å². The number of aryl methyl sites for hydroxylation is 1. The van der Waals surface area contributed by atoms with Gasteiger partial charge in [-0.25, -0.2) is 4.79 Å². The van der Waals surface area contributed by atoms with Crippen molar-refractivity contribution in [2.45, 2.75) is 69.6 Å². The van der Waals surface area contributed by atoms with Gasteiger partial charge < -0.3 is 30.0 Å². The van der Waals surface area contributed by atoms with Crippen LogP contribution in [-0.2, 0) is 9.47 Å². The van der Waals surface area contributed by atoms with Crippen LogP contribution in [0.4, 0.5) is 4.79 Å². The summed E-state index contributed by atoms with van der Waals surface area (Å²) in [6, 6.07) is 3.05. The fourth-order valence-electron chi connectivity index (χ4n) is 4.36. The summed E-state index contributed by atoms with van der Waals surface area (Å²) in [6.45, 7) is 2.65. The Hall–Kier alpha value is -1.90. The van der Waals surface area contributed by atoms with Gasteiger partial charge in [-0.15, -0.1) is 0 Å². The second-order valence-corrected chi connectivity index (χ2v) is 7.91. The van der Waals surface area contributed by atoms with Gasteiger partial charge in [0.25, 0.3) is 0 Å². The number of hydrogen-bond donors (Lipinski definition) is 3. The zero-order valence-corrected chi connectivity index (χ0v) is 16.2. The van der Waals surface area contributed by atoms with E-state index in [1.54, 1.807) is 6.20 Å². The molecule has 3 fully saturated rings. The van der Waals surface area contributed by atoms with E-state index in [9.17, 15) is 9.90 Å². The number of pyridine rings is 1. The monoisotopic (exact) mass is 391 g/mol. The van der Waals surface area contributed by atoms with Gasteiger partial charge in [-0.2, -0.15) is 0 Å². The molecule has 3 aliphatic rings. The normalized spacial score (nSPS) is 31.2. The Labute approximate surface area is 165 Å². The van der Waals surface area contributed by atoms with E-state index in [0.29, 0.717) is 19.0 Å². The number of hydrogen-bond acceptors (Lipinski definition) is 6. The lowest BCUT2D eigenvalue weighted by atomic mass is 9.88. The van der Waals surface area contributed by atoms with Crippen LogP contribution in [0.3, 0.4) is 0 Å². The van der Waals surface area contributed by atoms with Gasteiger partial charge in [0.05, 0.1) is 24.9 Å². The van der Waals surface area contributed by atoms with E-state index in [4.69, 9.17) is 14.2 Å². The molecular formula is C20H29N3O5. The lowest BCUT2D eigenvalue weighted by Gasteiger charge is -2.27. The van der Waals surface area contributed by atoms with E-state index in [-0.39, 0.29) is 36.3 Å². The minimum atomic E-state index is -0.812. The van der Waals surface area contributed by atoms with Crippen LogP contribution in [0, 0.1) is 12.8 Å². The van der Waals surface area contributed by atoms with Gasteiger partial charge in [0.2, 0.25) is 0 Å². The van der Waals surface area contributed by atoms with Crippen molar-refractivity contribution in [1.82, 2.24) is 15.6 Å². The van der Waals surface area contributed by atoms with Crippen molar-refractivity contribution in [2.24, 2.45) is 5.92 Å². The summed E-state index contributed by atoms with van der Waals surface area (Å²) in [6.07, 6.45) is 5.49. The number of urea groups is 1. The van der Waals surface area contributed by atoms with Gasteiger partial charge in [0.1, 0.15) is 24.2 Å². The molecule has 28 heavy (non-hydrogen) atoms. The third kappa shape index (κ3) is 4.24. The Morgan fingerprint density at radius 3 is 2.82 bits per heavy atom. The van der Waals surface area contributed by atoms with Crippen LogP contribution < -0.4 is 15.4 Å². The van der Waals surface area contributed by atoms with Crippen LogP contribution in [0.1, 0.15) is 37.8 Å². The van der Waals surface area contributed by atoms with E-state index < -0.39 is 6.23 Å². The first-order chi connectivity index (χ1) is 13.6. The predicted molar refractivity (Wildman–Crippen MR) is 101 cm³/mol. The van der Waals surface area contributed by atoms with Gasteiger partial charge in [-0.3, -0.25) is 4.98 Å². The van der Waals surface area contributed by atoms with Gasteiger partial charge in [0.15, 0.2) is 6.10 Å². The fourth-order valence-corrected chi connectivity index (χ4v) is 4.36. The molecule has 5 atom stereocenters. The molecule has 1 unspecified atom stereocenters. The summed E-state index contributed by atoms with van der Waals surface area (Å²) < 4.78 is 17.8. The van der Waals surface area contributed by atoms with Crippen molar-refractivity contribution in [3.05, 3.63) is 24.0 Å². The highest BCUT2D eigenvalue weighted by Crippen LogP contribution is 2.31. The standard InChI is InChI=1S/C20H29N3O5/c1-12-15(8-5-9-21-12)28-16-11-27-17-14(10-26-18(16)17)22-20(25)23-19(24)13-6-3-2-4-7-13/h5,8-9,13-14,16-19,24H,2-4,6-7,10-11H2,1H3,(H2,22,23,25)/t14-,16-,17+,18+,19?/m0/s1. The second kappa shape index (κ2) is 8.63. The number of nitrogens with zero attached hydrogens (tertiary/aromatic N) is 1. The lowest BCUT2D eigenvalue weighted by Crippen LogP contribution is -2.52. The van der Waals surface area contributed by atoms with Crippen molar-refractivity contribution >= 4 is 6.03 Å². The Kier molecular flexibility index (Phi) is 5.99. The summed E-state index contributed by atoms with van der Waals surface area (Å²) in [5.41, 5.74) is 0.815. The highest BCUT2D eigenvalue weighted by atomic mass is 16.6. The molecule has 1 aromatic rings. The largest absolute Gasteiger partial charge is 0.483 e. The molecule has 0 spiro atoms. The molecule has 2 amide bonds. The molecule has 154 valence electrons.